The van der Waals surface area contributed by atoms with Crippen LogP contribution in [0.1, 0.15) is 50.9 Å². The van der Waals surface area contributed by atoms with E-state index in [0.29, 0.717) is 5.92 Å². The molecule has 5 aromatic carbocycles. The zero-order valence-corrected chi connectivity index (χ0v) is 25.8. The van der Waals surface area contributed by atoms with Gasteiger partial charge in [0.25, 0.3) is 0 Å². The maximum Gasteiger partial charge on any atom is 0.0974 e. The number of rotatable bonds is 6. The minimum absolute atomic E-state index is 0.279. The Kier molecular flexibility index (Phi) is 7.28. The minimum atomic E-state index is 0.279. The molecule has 0 N–H and O–H groups in total. The lowest BCUT2D eigenvalue weighted by Gasteiger charge is -2.17. The van der Waals surface area contributed by atoms with Gasteiger partial charge in [-0.15, -0.1) is 0 Å². The van der Waals surface area contributed by atoms with E-state index < -0.39 is 0 Å². The molecule has 214 valence electrons. The normalized spacial score (nSPS) is 11.6. The molecular weight excluding hydrogens is 532 g/mol. The van der Waals surface area contributed by atoms with Gasteiger partial charge in [-0.25, -0.2) is 0 Å². The molecule has 0 saturated carbocycles. The van der Waals surface area contributed by atoms with Gasteiger partial charge in [-0.1, -0.05) is 125 Å². The van der Waals surface area contributed by atoms with Crippen molar-refractivity contribution >= 4 is 21.8 Å². The summed E-state index contributed by atoms with van der Waals surface area (Å²) in [6, 6.07) is 48.2. The molecule has 7 rings (SSSR count). The molecule has 2 heterocycles. The van der Waals surface area contributed by atoms with Gasteiger partial charge >= 0.3 is 0 Å². The summed E-state index contributed by atoms with van der Waals surface area (Å²) in [6.07, 6.45) is 0. The van der Waals surface area contributed by atoms with Gasteiger partial charge in [-0.2, -0.15) is 0 Å². The number of nitrogens with zero attached hydrogens (tertiary/aromatic N) is 2. The maximum atomic E-state index is 5.23. The van der Waals surface area contributed by atoms with Crippen LogP contribution in [0.3, 0.4) is 0 Å². The van der Waals surface area contributed by atoms with Crippen LogP contribution in [0.15, 0.2) is 133 Å². The van der Waals surface area contributed by atoms with Crippen LogP contribution < -0.4 is 0 Å². The van der Waals surface area contributed by atoms with E-state index in [4.69, 9.17) is 9.97 Å². The number of pyridine rings is 2. The molecule has 2 nitrogen and oxygen atoms in total. The fourth-order valence-corrected chi connectivity index (χ4v) is 6.02. The Morgan fingerprint density at radius 2 is 0.886 bits per heavy atom. The zero-order valence-electron chi connectivity index (χ0n) is 25.8. The Labute approximate surface area is 260 Å². The van der Waals surface area contributed by atoms with Crippen molar-refractivity contribution in [3.63, 3.8) is 0 Å². The second kappa shape index (κ2) is 11.5. The molecule has 44 heavy (non-hydrogen) atoms. The molecule has 2 heteroatoms. The van der Waals surface area contributed by atoms with Crippen LogP contribution >= 0.6 is 0 Å². The lowest BCUT2D eigenvalue weighted by molar-refractivity contribution is 0.826. The molecule has 0 atom stereocenters. The third kappa shape index (κ3) is 5.29. The average Bonchev–Trinajstić information content (AvgIpc) is 3.08. The van der Waals surface area contributed by atoms with E-state index in [9.17, 15) is 0 Å². The molecule has 0 aliphatic heterocycles. The molecule has 0 unspecified atom stereocenters. The highest BCUT2D eigenvalue weighted by Gasteiger charge is 2.16. The van der Waals surface area contributed by atoms with E-state index >= 15 is 0 Å². The van der Waals surface area contributed by atoms with Gasteiger partial charge in [0.1, 0.15) is 0 Å². The van der Waals surface area contributed by atoms with E-state index in [1.54, 1.807) is 0 Å². The minimum Gasteiger partial charge on any atom is -0.250 e. The summed E-state index contributed by atoms with van der Waals surface area (Å²) in [4.78, 5) is 10.4. The van der Waals surface area contributed by atoms with Crippen LogP contribution in [0.2, 0.25) is 0 Å². The summed E-state index contributed by atoms with van der Waals surface area (Å²) in [7, 11) is 0. The second-order valence-corrected chi connectivity index (χ2v) is 12.3. The van der Waals surface area contributed by atoms with Crippen LogP contribution in [-0.2, 0) is 0 Å². The van der Waals surface area contributed by atoms with E-state index in [1.165, 1.54) is 44.5 Å². The van der Waals surface area contributed by atoms with Crippen molar-refractivity contribution in [3.8, 4) is 44.5 Å². The van der Waals surface area contributed by atoms with Gasteiger partial charge in [0, 0.05) is 22.2 Å². The highest BCUT2D eigenvalue weighted by Crippen LogP contribution is 2.39. The smallest absolute Gasteiger partial charge is 0.0974 e. The zero-order chi connectivity index (χ0) is 30.2. The van der Waals surface area contributed by atoms with Gasteiger partial charge in [-0.05, 0) is 92.7 Å². The molecule has 2 aromatic heterocycles. The van der Waals surface area contributed by atoms with Crippen molar-refractivity contribution in [2.75, 3.05) is 0 Å². The number of hydrogen-bond acceptors (Lipinski definition) is 2. The van der Waals surface area contributed by atoms with Crippen LogP contribution in [0.25, 0.3) is 66.3 Å². The molecular formula is C42H36N2. The first kappa shape index (κ1) is 27.7. The summed E-state index contributed by atoms with van der Waals surface area (Å²) >= 11 is 0. The van der Waals surface area contributed by atoms with Gasteiger partial charge in [0.2, 0.25) is 0 Å². The Hall–Kier alpha value is -5.08. The predicted octanol–water partition coefficient (Wildman–Crippen LogP) is 11.7. The van der Waals surface area contributed by atoms with Crippen molar-refractivity contribution in [3.05, 3.63) is 145 Å². The highest BCUT2D eigenvalue weighted by atomic mass is 14.8. The maximum absolute atomic E-state index is 5.23. The summed E-state index contributed by atoms with van der Waals surface area (Å²) in [5, 5.41) is 2.25. The summed E-state index contributed by atoms with van der Waals surface area (Å²) in [5.41, 5.74) is 13.7. The van der Waals surface area contributed by atoms with Crippen molar-refractivity contribution in [2.45, 2.75) is 39.5 Å². The first-order valence-corrected chi connectivity index (χ1v) is 15.6. The van der Waals surface area contributed by atoms with E-state index in [1.807, 2.05) is 0 Å². The number of hydrogen-bond donors (Lipinski definition) is 0. The van der Waals surface area contributed by atoms with Gasteiger partial charge < -0.3 is 0 Å². The summed E-state index contributed by atoms with van der Waals surface area (Å²) < 4.78 is 0. The van der Waals surface area contributed by atoms with E-state index in [2.05, 4.69) is 161 Å². The van der Waals surface area contributed by atoms with Crippen molar-refractivity contribution in [1.29, 1.82) is 0 Å². The molecule has 0 fully saturated rings. The fraction of sp³-hybridized carbons (Fsp3) is 0.143. The Balaban J connectivity index is 1.50. The fourth-order valence-electron chi connectivity index (χ4n) is 6.02. The van der Waals surface area contributed by atoms with Gasteiger partial charge in [0.15, 0.2) is 0 Å². The first-order valence-electron chi connectivity index (χ1n) is 15.6. The van der Waals surface area contributed by atoms with Crippen molar-refractivity contribution in [2.24, 2.45) is 0 Å². The van der Waals surface area contributed by atoms with E-state index in [0.717, 1.165) is 33.2 Å². The molecule has 0 radical (unpaired) electrons. The molecule has 7 aromatic rings. The molecule has 0 spiro atoms. The molecule has 0 aliphatic rings. The third-order valence-corrected chi connectivity index (χ3v) is 8.52. The monoisotopic (exact) mass is 568 g/mol. The Morgan fingerprint density at radius 1 is 0.386 bits per heavy atom. The van der Waals surface area contributed by atoms with Crippen LogP contribution in [0.4, 0.5) is 0 Å². The van der Waals surface area contributed by atoms with E-state index in [-0.39, 0.29) is 5.92 Å². The van der Waals surface area contributed by atoms with Crippen LogP contribution in [0, 0.1) is 0 Å². The molecule has 0 saturated heterocycles. The standard InChI is InChI=1S/C42H36N2/c1-27(2)39-21-19-31-18-20-37-38(26-40(28(3)4)44-42(37)41(31)43-39)36-24-34(30-14-9-6-10-15-30)23-35(25-36)33-17-11-16-32(22-33)29-12-7-5-8-13-29/h5-28H,1-4H3. The lowest BCUT2D eigenvalue weighted by atomic mass is 9.90. The second-order valence-electron chi connectivity index (χ2n) is 12.3. The number of aromatic nitrogens is 2. The van der Waals surface area contributed by atoms with Crippen LogP contribution in [0.5, 0.6) is 0 Å². The lowest BCUT2D eigenvalue weighted by Crippen LogP contribution is -1.99. The Morgan fingerprint density at radius 3 is 1.55 bits per heavy atom. The predicted molar refractivity (Wildman–Crippen MR) is 187 cm³/mol. The largest absolute Gasteiger partial charge is 0.250 e. The summed E-state index contributed by atoms with van der Waals surface area (Å²) in [6.45, 7) is 8.83. The van der Waals surface area contributed by atoms with Crippen molar-refractivity contribution in [1.82, 2.24) is 9.97 Å². The topological polar surface area (TPSA) is 25.8 Å². The summed E-state index contributed by atoms with van der Waals surface area (Å²) in [5.74, 6) is 0.625. The quantitative estimate of drug-likeness (QED) is 0.186. The molecule has 0 bridgehead atoms. The van der Waals surface area contributed by atoms with Crippen molar-refractivity contribution < 1.29 is 0 Å². The Bertz CT molecular complexity index is 2110. The number of benzene rings is 5. The average molecular weight is 569 g/mol. The molecule has 0 aliphatic carbocycles. The first-order chi connectivity index (χ1) is 21.4. The number of fused-ring (bicyclic) bond motifs is 3. The SMILES string of the molecule is CC(C)c1ccc2ccc3c(-c4cc(-c5ccccc5)cc(-c5cccc(-c6ccccc6)c5)c4)cc(C(C)C)nc3c2n1. The molecule has 0 amide bonds. The third-order valence-electron chi connectivity index (χ3n) is 8.52. The van der Waals surface area contributed by atoms with Crippen LogP contribution in [-0.4, -0.2) is 9.97 Å². The van der Waals surface area contributed by atoms with Gasteiger partial charge in [-0.3, -0.25) is 9.97 Å². The van der Waals surface area contributed by atoms with Gasteiger partial charge in [0.05, 0.1) is 11.0 Å². The highest BCUT2D eigenvalue weighted by molar-refractivity contribution is 6.08.